The molecule has 0 atom stereocenters. The zero-order valence-corrected chi connectivity index (χ0v) is 13.7. The molecule has 1 aromatic heterocycles. The van der Waals surface area contributed by atoms with Crippen LogP contribution in [0.3, 0.4) is 0 Å². The van der Waals surface area contributed by atoms with E-state index in [4.69, 9.17) is 4.74 Å². The summed E-state index contributed by atoms with van der Waals surface area (Å²) in [4.78, 5) is 22.3. The molecular weight excluding hydrogens is 317 g/mol. The van der Waals surface area contributed by atoms with E-state index in [0.717, 1.165) is 12.1 Å². The molecule has 0 N–H and O–H groups in total. The number of hydrogen-bond acceptors (Lipinski definition) is 5. The van der Waals surface area contributed by atoms with Crippen molar-refractivity contribution in [3.8, 4) is 11.1 Å². The summed E-state index contributed by atoms with van der Waals surface area (Å²) in [5.74, 6) is -1.34. The van der Waals surface area contributed by atoms with Gasteiger partial charge in [0.2, 0.25) is 0 Å². The Morgan fingerprint density at radius 2 is 2.17 bits per heavy atom. The summed E-state index contributed by atoms with van der Waals surface area (Å²) < 4.78 is 21.0. The van der Waals surface area contributed by atoms with Gasteiger partial charge in [-0.05, 0) is 12.8 Å². The molecule has 0 fully saturated rings. The van der Waals surface area contributed by atoms with Gasteiger partial charge < -0.3 is 4.74 Å². The predicted octanol–water partition coefficient (Wildman–Crippen LogP) is 3.43. The third-order valence-corrected chi connectivity index (χ3v) is 3.26. The van der Waals surface area contributed by atoms with Gasteiger partial charge in [-0.2, -0.15) is 5.10 Å². The largest absolute Gasteiger partial charge is 0.462 e. The van der Waals surface area contributed by atoms with Crippen molar-refractivity contribution in [2.45, 2.75) is 27.3 Å². The highest BCUT2D eigenvalue weighted by molar-refractivity contribution is 5.98. The lowest BCUT2D eigenvalue weighted by Crippen LogP contribution is -2.09. The molecule has 0 spiro atoms. The minimum absolute atomic E-state index is 0.0472. The smallest absolute Gasteiger partial charge is 0.339 e. The van der Waals surface area contributed by atoms with Gasteiger partial charge in [-0.25, -0.2) is 9.18 Å². The van der Waals surface area contributed by atoms with Crippen LogP contribution in [0.5, 0.6) is 0 Å². The fraction of sp³-hybridized carbons (Fsp3) is 0.375. The van der Waals surface area contributed by atoms with Crippen LogP contribution in [0.2, 0.25) is 0 Å². The van der Waals surface area contributed by atoms with E-state index in [1.807, 2.05) is 13.8 Å². The number of benzene rings is 1. The molecule has 2 aromatic rings. The van der Waals surface area contributed by atoms with E-state index in [1.165, 1.54) is 6.20 Å². The molecule has 0 saturated carbocycles. The van der Waals surface area contributed by atoms with Gasteiger partial charge in [0.05, 0.1) is 29.4 Å². The van der Waals surface area contributed by atoms with E-state index in [0.29, 0.717) is 18.0 Å². The molecule has 0 saturated heterocycles. The Labute approximate surface area is 138 Å². The van der Waals surface area contributed by atoms with E-state index < -0.39 is 22.4 Å². The molecule has 24 heavy (non-hydrogen) atoms. The summed E-state index contributed by atoms with van der Waals surface area (Å²) in [6, 6.07) is 1.81. The van der Waals surface area contributed by atoms with Crippen molar-refractivity contribution in [3.63, 3.8) is 0 Å². The van der Waals surface area contributed by atoms with E-state index in [-0.39, 0.29) is 17.7 Å². The fourth-order valence-electron chi connectivity index (χ4n) is 2.33. The second-order valence-corrected chi connectivity index (χ2v) is 5.67. The summed E-state index contributed by atoms with van der Waals surface area (Å²) in [6.07, 6.45) is 3.03. The highest BCUT2D eigenvalue weighted by Gasteiger charge is 2.24. The van der Waals surface area contributed by atoms with Crippen LogP contribution in [-0.4, -0.2) is 27.3 Å². The Balaban J connectivity index is 2.56. The number of carbonyl (C=O) groups is 1. The molecule has 7 nitrogen and oxygen atoms in total. The van der Waals surface area contributed by atoms with E-state index in [2.05, 4.69) is 5.10 Å². The maximum absolute atomic E-state index is 14.5. The van der Waals surface area contributed by atoms with Gasteiger partial charge in [-0.15, -0.1) is 0 Å². The quantitative estimate of drug-likeness (QED) is 0.458. The van der Waals surface area contributed by atoms with Gasteiger partial charge in [-0.1, -0.05) is 13.8 Å². The number of hydrogen-bond donors (Lipinski definition) is 0. The van der Waals surface area contributed by atoms with Crippen LogP contribution in [0.1, 0.15) is 31.1 Å². The van der Waals surface area contributed by atoms with Crippen molar-refractivity contribution >= 4 is 11.7 Å². The summed E-state index contributed by atoms with van der Waals surface area (Å²) >= 11 is 0. The zero-order chi connectivity index (χ0) is 17.9. The van der Waals surface area contributed by atoms with Crippen LogP contribution < -0.4 is 0 Å². The van der Waals surface area contributed by atoms with Gasteiger partial charge >= 0.3 is 5.97 Å². The number of carbonyl (C=O) groups excluding carboxylic acids is 1. The lowest BCUT2D eigenvalue weighted by atomic mass is 10.0. The van der Waals surface area contributed by atoms with Crippen LogP contribution in [0, 0.1) is 21.8 Å². The average Bonchev–Trinajstić information content (AvgIpc) is 2.93. The number of aromatic nitrogens is 2. The Morgan fingerprint density at radius 1 is 1.46 bits per heavy atom. The highest BCUT2D eigenvalue weighted by atomic mass is 19.1. The number of nitro groups is 1. The Hall–Kier alpha value is -2.77. The molecule has 8 heteroatoms. The lowest BCUT2D eigenvalue weighted by Gasteiger charge is -2.09. The standard InChI is InChI=1S/C16H18FN3O4/c1-4-24-16(21)13-5-12(20(22)23)6-14(17)15(13)11-7-18-19(9-11)8-10(2)3/h5-7,9-10H,4,8H2,1-3H3. The van der Waals surface area contributed by atoms with Crippen LogP contribution in [-0.2, 0) is 11.3 Å². The van der Waals surface area contributed by atoms with Crippen molar-refractivity contribution in [1.82, 2.24) is 9.78 Å². The molecule has 0 radical (unpaired) electrons. The van der Waals surface area contributed by atoms with E-state index in [1.54, 1.807) is 17.8 Å². The van der Waals surface area contributed by atoms with Crippen molar-refractivity contribution in [1.29, 1.82) is 0 Å². The number of nitro benzene ring substituents is 1. The summed E-state index contributed by atoms with van der Waals surface area (Å²) in [5, 5.41) is 15.1. The molecule has 0 aliphatic carbocycles. The van der Waals surface area contributed by atoms with Crippen molar-refractivity contribution in [3.05, 3.63) is 46.0 Å². The number of rotatable bonds is 6. The number of esters is 1. The number of non-ortho nitro benzene ring substituents is 1. The molecular formula is C16H18FN3O4. The summed E-state index contributed by atoms with van der Waals surface area (Å²) in [6.45, 7) is 6.33. The third kappa shape index (κ3) is 3.76. The van der Waals surface area contributed by atoms with E-state index in [9.17, 15) is 19.3 Å². The fourth-order valence-corrected chi connectivity index (χ4v) is 2.33. The van der Waals surface area contributed by atoms with Crippen molar-refractivity contribution < 1.29 is 18.8 Å². The number of halogens is 1. The molecule has 0 aliphatic heterocycles. The van der Waals surface area contributed by atoms with Crippen LogP contribution in [0.25, 0.3) is 11.1 Å². The SMILES string of the molecule is CCOC(=O)c1cc([N+](=O)[O-])cc(F)c1-c1cnn(CC(C)C)c1. The third-order valence-electron chi connectivity index (χ3n) is 3.26. The molecule has 128 valence electrons. The molecule has 0 unspecified atom stereocenters. The predicted molar refractivity (Wildman–Crippen MR) is 85.1 cm³/mol. The molecule has 0 aliphatic rings. The second kappa shape index (κ2) is 7.20. The Morgan fingerprint density at radius 3 is 2.75 bits per heavy atom. The maximum atomic E-state index is 14.5. The topological polar surface area (TPSA) is 87.3 Å². The van der Waals surface area contributed by atoms with Gasteiger partial charge in [0.15, 0.2) is 0 Å². The van der Waals surface area contributed by atoms with Gasteiger partial charge in [0.1, 0.15) is 5.82 Å². The first kappa shape index (κ1) is 17.6. The van der Waals surface area contributed by atoms with Crippen molar-refractivity contribution in [2.24, 2.45) is 5.92 Å². The highest BCUT2D eigenvalue weighted by Crippen LogP contribution is 2.31. The summed E-state index contributed by atoms with van der Waals surface area (Å²) in [5.41, 5.74) is -0.373. The molecule has 0 bridgehead atoms. The maximum Gasteiger partial charge on any atom is 0.339 e. The van der Waals surface area contributed by atoms with Crippen LogP contribution >= 0.6 is 0 Å². The van der Waals surface area contributed by atoms with Crippen molar-refractivity contribution in [2.75, 3.05) is 6.61 Å². The first-order chi connectivity index (χ1) is 11.3. The Kier molecular flexibility index (Phi) is 5.28. The normalized spacial score (nSPS) is 10.9. The van der Waals surface area contributed by atoms with Gasteiger partial charge in [-0.3, -0.25) is 14.8 Å². The molecule has 1 aromatic carbocycles. The molecule has 2 rings (SSSR count). The molecule has 1 heterocycles. The zero-order valence-electron chi connectivity index (χ0n) is 13.7. The molecule has 0 amide bonds. The lowest BCUT2D eigenvalue weighted by molar-refractivity contribution is -0.385. The second-order valence-electron chi connectivity index (χ2n) is 5.67. The van der Waals surface area contributed by atoms with Gasteiger partial charge in [0, 0.05) is 29.9 Å². The minimum atomic E-state index is -0.864. The first-order valence-corrected chi connectivity index (χ1v) is 7.51. The van der Waals surface area contributed by atoms with E-state index >= 15 is 0 Å². The van der Waals surface area contributed by atoms with Crippen LogP contribution in [0.4, 0.5) is 10.1 Å². The van der Waals surface area contributed by atoms with Crippen LogP contribution in [0.15, 0.2) is 24.5 Å². The Bertz CT molecular complexity index is 771. The number of nitrogens with zero attached hydrogens (tertiary/aromatic N) is 3. The monoisotopic (exact) mass is 335 g/mol. The number of ether oxygens (including phenoxy) is 1. The summed E-state index contributed by atoms with van der Waals surface area (Å²) in [7, 11) is 0. The average molecular weight is 335 g/mol. The van der Waals surface area contributed by atoms with Gasteiger partial charge in [0.25, 0.3) is 5.69 Å². The first-order valence-electron chi connectivity index (χ1n) is 7.51. The minimum Gasteiger partial charge on any atom is -0.462 e.